The third kappa shape index (κ3) is 3.65. The standard InChI is InChI=1S/C15H18N4O4/c1-3-9(2)11(14(21)22)16-13(20)12-17-15(23)19(18-12)10-7-5-4-6-8-10/h4-9,11H,3H2,1-2H3,(H,16,20)(H,21,22)(H,17,18,23). The highest BCUT2D eigenvalue weighted by molar-refractivity contribution is 5.93. The van der Waals surface area contributed by atoms with Crippen molar-refractivity contribution >= 4 is 11.9 Å². The fourth-order valence-electron chi connectivity index (χ4n) is 2.06. The highest BCUT2D eigenvalue weighted by Crippen LogP contribution is 2.08. The molecule has 0 fully saturated rings. The predicted octanol–water partition coefficient (Wildman–Crippen LogP) is 0.790. The minimum atomic E-state index is -1.13. The van der Waals surface area contributed by atoms with Gasteiger partial charge in [-0.05, 0) is 18.1 Å². The molecule has 8 heteroatoms. The number of amides is 1. The Labute approximate surface area is 132 Å². The fourth-order valence-corrected chi connectivity index (χ4v) is 2.06. The number of aromatic amines is 1. The minimum Gasteiger partial charge on any atom is -0.480 e. The highest BCUT2D eigenvalue weighted by Gasteiger charge is 2.27. The number of aromatic nitrogens is 3. The van der Waals surface area contributed by atoms with Crippen LogP contribution in [0.2, 0.25) is 0 Å². The number of benzene rings is 1. The van der Waals surface area contributed by atoms with Crippen LogP contribution < -0.4 is 11.0 Å². The van der Waals surface area contributed by atoms with Crippen LogP contribution in [0.1, 0.15) is 30.9 Å². The van der Waals surface area contributed by atoms with Crippen LogP contribution in [-0.2, 0) is 4.79 Å². The van der Waals surface area contributed by atoms with Crippen molar-refractivity contribution in [3.63, 3.8) is 0 Å². The van der Waals surface area contributed by atoms with Crippen LogP contribution in [0.4, 0.5) is 0 Å². The molecule has 0 aliphatic rings. The topological polar surface area (TPSA) is 117 Å². The zero-order chi connectivity index (χ0) is 17.0. The van der Waals surface area contributed by atoms with Gasteiger partial charge in [0.05, 0.1) is 5.69 Å². The van der Waals surface area contributed by atoms with E-state index in [-0.39, 0.29) is 11.7 Å². The molecule has 0 aliphatic carbocycles. The molecule has 0 bridgehead atoms. The molecular formula is C15H18N4O4. The lowest BCUT2D eigenvalue weighted by Gasteiger charge is -2.19. The summed E-state index contributed by atoms with van der Waals surface area (Å²) in [6.07, 6.45) is 0.590. The first-order valence-corrected chi connectivity index (χ1v) is 7.22. The van der Waals surface area contributed by atoms with Crippen molar-refractivity contribution in [2.24, 2.45) is 5.92 Å². The maximum Gasteiger partial charge on any atom is 0.348 e. The van der Waals surface area contributed by atoms with E-state index in [0.29, 0.717) is 12.1 Å². The second-order valence-electron chi connectivity index (χ2n) is 5.20. The molecular weight excluding hydrogens is 300 g/mol. The Morgan fingerprint density at radius 2 is 2.00 bits per heavy atom. The van der Waals surface area contributed by atoms with Gasteiger partial charge in [-0.3, -0.25) is 9.78 Å². The molecule has 2 aromatic rings. The van der Waals surface area contributed by atoms with E-state index in [2.05, 4.69) is 15.4 Å². The number of rotatable bonds is 6. The van der Waals surface area contributed by atoms with Gasteiger partial charge in [-0.25, -0.2) is 9.59 Å². The van der Waals surface area contributed by atoms with Gasteiger partial charge >= 0.3 is 11.7 Å². The molecule has 2 rings (SSSR count). The molecule has 0 radical (unpaired) electrons. The Morgan fingerprint density at radius 1 is 1.35 bits per heavy atom. The lowest BCUT2D eigenvalue weighted by atomic mass is 9.99. The molecule has 23 heavy (non-hydrogen) atoms. The zero-order valence-electron chi connectivity index (χ0n) is 12.8. The van der Waals surface area contributed by atoms with Gasteiger partial charge in [-0.1, -0.05) is 38.5 Å². The van der Waals surface area contributed by atoms with E-state index in [0.717, 1.165) is 4.68 Å². The number of para-hydroxylation sites is 1. The van der Waals surface area contributed by atoms with Crippen LogP contribution in [0.5, 0.6) is 0 Å². The highest BCUT2D eigenvalue weighted by atomic mass is 16.4. The summed E-state index contributed by atoms with van der Waals surface area (Å²) < 4.78 is 1.05. The predicted molar refractivity (Wildman–Crippen MR) is 82.5 cm³/mol. The molecule has 1 aromatic carbocycles. The second kappa shape index (κ2) is 6.91. The lowest BCUT2D eigenvalue weighted by Crippen LogP contribution is -2.45. The fraction of sp³-hybridized carbons (Fsp3) is 0.333. The zero-order valence-corrected chi connectivity index (χ0v) is 12.8. The number of carboxylic acid groups (broad SMARTS) is 1. The van der Waals surface area contributed by atoms with E-state index in [4.69, 9.17) is 0 Å². The van der Waals surface area contributed by atoms with Gasteiger partial charge < -0.3 is 10.4 Å². The monoisotopic (exact) mass is 318 g/mol. The number of carbonyl (C=O) groups excluding carboxylic acids is 1. The van der Waals surface area contributed by atoms with Crippen LogP contribution >= 0.6 is 0 Å². The maximum absolute atomic E-state index is 12.2. The Bertz CT molecular complexity index is 750. The van der Waals surface area contributed by atoms with Crippen molar-refractivity contribution in [3.8, 4) is 5.69 Å². The van der Waals surface area contributed by atoms with Crippen molar-refractivity contribution in [3.05, 3.63) is 46.6 Å². The summed E-state index contributed by atoms with van der Waals surface area (Å²) >= 11 is 0. The van der Waals surface area contributed by atoms with Gasteiger partial charge in [0, 0.05) is 0 Å². The smallest absolute Gasteiger partial charge is 0.348 e. The largest absolute Gasteiger partial charge is 0.480 e. The summed E-state index contributed by atoms with van der Waals surface area (Å²) in [7, 11) is 0. The minimum absolute atomic E-state index is 0.228. The number of hydrogen-bond donors (Lipinski definition) is 3. The van der Waals surface area contributed by atoms with Gasteiger partial charge in [0.2, 0.25) is 5.82 Å². The van der Waals surface area contributed by atoms with E-state index in [1.165, 1.54) is 0 Å². The summed E-state index contributed by atoms with van der Waals surface area (Å²) in [4.78, 5) is 37.6. The van der Waals surface area contributed by atoms with Crippen LogP contribution in [0.15, 0.2) is 35.1 Å². The van der Waals surface area contributed by atoms with Crippen molar-refractivity contribution in [2.75, 3.05) is 0 Å². The number of nitrogens with zero attached hydrogens (tertiary/aromatic N) is 2. The van der Waals surface area contributed by atoms with E-state index < -0.39 is 23.6 Å². The quantitative estimate of drug-likeness (QED) is 0.728. The molecule has 122 valence electrons. The molecule has 1 heterocycles. The molecule has 0 aliphatic heterocycles. The average molecular weight is 318 g/mol. The summed E-state index contributed by atoms with van der Waals surface area (Å²) in [5.74, 6) is -2.34. The Morgan fingerprint density at radius 3 is 2.57 bits per heavy atom. The molecule has 2 atom stereocenters. The molecule has 0 saturated carbocycles. The van der Waals surface area contributed by atoms with Crippen LogP contribution in [0, 0.1) is 5.92 Å². The van der Waals surface area contributed by atoms with E-state index >= 15 is 0 Å². The van der Waals surface area contributed by atoms with Gasteiger partial charge in [-0.15, -0.1) is 5.10 Å². The maximum atomic E-state index is 12.2. The average Bonchev–Trinajstić information content (AvgIpc) is 2.94. The molecule has 0 saturated heterocycles. The second-order valence-corrected chi connectivity index (χ2v) is 5.20. The molecule has 0 spiro atoms. The number of carbonyl (C=O) groups is 2. The first kappa shape index (κ1) is 16.5. The molecule has 8 nitrogen and oxygen atoms in total. The van der Waals surface area contributed by atoms with Gasteiger partial charge in [0.15, 0.2) is 0 Å². The van der Waals surface area contributed by atoms with E-state index in [9.17, 15) is 19.5 Å². The van der Waals surface area contributed by atoms with Gasteiger partial charge in [0.1, 0.15) is 6.04 Å². The normalized spacial score (nSPS) is 13.3. The summed E-state index contributed by atoms with van der Waals surface area (Å²) in [6, 6.07) is 7.56. The number of nitrogens with one attached hydrogen (secondary N) is 2. The van der Waals surface area contributed by atoms with E-state index in [1.807, 2.05) is 6.92 Å². The van der Waals surface area contributed by atoms with Crippen molar-refractivity contribution in [1.29, 1.82) is 0 Å². The Hall–Kier alpha value is -2.90. The first-order valence-electron chi connectivity index (χ1n) is 7.22. The number of aliphatic carboxylic acids is 1. The molecule has 2 unspecified atom stereocenters. The van der Waals surface area contributed by atoms with Crippen molar-refractivity contribution < 1.29 is 14.7 Å². The number of H-pyrrole nitrogens is 1. The van der Waals surface area contributed by atoms with Gasteiger partial charge in [0.25, 0.3) is 5.91 Å². The Balaban J connectivity index is 2.24. The molecule has 1 aromatic heterocycles. The number of carboxylic acids is 1. The third-order valence-corrected chi connectivity index (χ3v) is 3.60. The SMILES string of the molecule is CCC(C)C(NC(=O)c1nn(-c2ccccc2)c(=O)[nH]1)C(=O)O. The van der Waals surface area contributed by atoms with Gasteiger partial charge in [-0.2, -0.15) is 4.68 Å². The van der Waals surface area contributed by atoms with Crippen molar-refractivity contribution in [1.82, 2.24) is 20.1 Å². The first-order chi connectivity index (χ1) is 10.9. The third-order valence-electron chi connectivity index (χ3n) is 3.60. The summed E-state index contributed by atoms with van der Waals surface area (Å²) in [5.41, 5.74) is -0.0683. The van der Waals surface area contributed by atoms with Crippen LogP contribution in [0.25, 0.3) is 5.69 Å². The van der Waals surface area contributed by atoms with Crippen LogP contribution in [0.3, 0.4) is 0 Å². The van der Waals surface area contributed by atoms with Crippen LogP contribution in [-0.4, -0.2) is 37.8 Å². The molecule has 1 amide bonds. The molecule has 3 N–H and O–H groups in total. The van der Waals surface area contributed by atoms with E-state index in [1.54, 1.807) is 37.3 Å². The number of hydrogen-bond acceptors (Lipinski definition) is 4. The van der Waals surface area contributed by atoms with Crippen molar-refractivity contribution in [2.45, 2.75) is 26.3 Å². The lowest BCUT2D eigenvalue weighted by molar-refractivity contribution is -0.140. The summed E-state index contributed by atoms with van der Waals surface area (Å²) in [5, 5.41) is 15.5. The Kier molecular flexibility index (Phi) is 4.95. The summed E-state index contributed by atoms with van der Waals surface area (Å²) in [6.45, 7) is 3.56.